The van der Waals surface area contributed by atoms with E-state index in [9.17, 15) is 4.79 Å². The van der Waals surface area contributed by atoms with E-state index in [0.717, 1.165) is 27.8 Å². The van der Waals surface area contributed by atoms with Crippen LogP contribution in [0.4, 0.5) is 11.4 Å². The average Bonchev–Trinajstić information content (AvgIpc) is 2.84. The molecule has 0 saturated carbocycles. The molecule has 0 radical (unpaired) electrons. The highest BCUT2D eigenvalue weighted by Crippen LogP contribution is 2.37. The molecule has 0 saturated heterocycles. The van der Waals surface area contributed by atoms with Gasteiger partial charge in [0.25, 0.3) is 0 Å². The van der Waals surface area contributed by atoms with Gasteiger partial charge in [-0.15, -0.1) is 11.3 Å². The van der Waals surface area contributed by atoms with Crippen molar-refractivity contribution in [3.63, 3.8) is 0 Å². The van der Waals surface area contributed by atoms with Crippen LogP contribution in [0.15, 0.2) is 52.6 Å². The van der Waals surface area contributed by atoms with E-state index in [4.69, 9.17) is 0 Å². The van der Waals surface area contributed by atoms with Gasteiger partial charge in [0.05, 0.1) is 0 Å². The Kier molecular flexibility index (Phi) is 3.05. The van der Waals surface area contributed by atoms with Crippen LogP contribution in [0.2, 0.25) is 0 Å². The fourth-order valence-corrected chi connectivity index (χ4v) is 4.22. The first kappa shape index (κ1) is 13.5. The highest BCUT2D eigenvalue weighted by Gasteiger charge is 2.28. The van der Waals surface area contributed by atoms with Crippen LogP contribution in [0.3, 0.4) is 0 Å². The van der Waals surface area contributed by atoms with Gasteiger partial charge in [-0.25, -0.2) is 0 Å². The van der Waals surface area contributed by atoms with E-state index in [1.54, 1.807) is 11.3 Å². The van der Waals surface area contributed by atoms with E-state index in [-0.39, 0.29) is 5.43 Å². The van der Waals surface area contributed by atoms with Crippen LogP contribution in [0.1, 0.15) is 18.1 Å². The summed E-state index contributed by atoms with van der Waals surface area (Å²) in [5.74, 6) is 0. The van der Waals surface area contributed by atoms with Crippen molar-refractivity contribution in [3.8, 4) is 0 Å². The Bertz CT molecular complexity index is 928. The number of nitrogens with zero attached hydrogens (tertiary/aromatic N) is 1. The van der Waals surface area contributed by atoms with E-state index < -0.39 is 0 Å². The molecule has 1 aromatic heterocycles. The second-order valence-electron chi connectivity index (χ2n) is 6.00. The summed E-state index contributed by atoms with van der Waals surface area (Å²) in [6.07, 6.45) is 0.992. The zero-order chi connectivity index (χ0) is 15.3. The zero-order valence-electron chi connectivity index (χ0n) is 12.7. The third-order valence-electron chi connectivity index (χ3n) is 4.38. The van der Waals surface area contributed by atoms with Gasteiger partial charge in [-0.2, -0.15) is 0 Å². The van der Waals surface area contributed by atoms with Crippen molar-refractivity contribution in [2.45, 2.75) is 26.3 Å². The average molecular weight is 307 g/mol. The second kappa shape index (κ2) is 4.96. The van der Waals surface area contributed by atoms with Crippen molar-refractivity contribution in [2.24, 2.45) is 0 Å². The molecule has 0 amide bonds. The zero-order valence-corrected chi connectivity index (χ0v) is 13.5. The number of aryl methyl sites for hydroxylation is 1. The minimum atomic E-state index is 0.140. The van der Waals surface area contributed by atoms with Gasteiger partial charge >= 0.3 is 0 Å². The van der Waals surface area contributed by atoms with Crippen LogP contribution in [-0.2, 0) is 6.42 Å². The van der Waals surface area contributed by atoms with Gasteiger partial charge in [0.2, 0.25) is 5.43 Å². The van der Waals surface area contributed by atoms with Crippen LogP contribution < -0.4 is 10.3 Å². The molecule has 3 heteroatoms. The largest absolute Gasteiger partial charge is 0.334 e. The Morgan fingerprint density at radius 2 is 1.95 bits per heavy atom. The third-order valence-corrected chi connectivity index (χ3v) is 5.33. The lowest BCUT2D eigenvalue weighted by Gasteiger charge is -2.24. The van der Waals surface area contributed by atoms with Gasteiger partial charge in [0.1, 0.15) is 5.69 Å². The molecule has 1 aliphatic heterocycles. The lowest BCUT2D eigenvalue weighted by atomic mass is 10.1. The van der Waals surface area contributed by atoms with E-state index in [1.165, 1.54) is 11.3 Å². The number of para-hydroxylation sites is 1. The van der Waals surface area contributed by atoms with E-state index in [1.807, 2.05) is 30.5 Å². The summed E-state index contributed by atoms with van der Waals surface area (Å²) in [6.45, 7) is 4.22. The van der Waals surface area contributed by atoms with Crippen LogP contribution in [0.5, 0.6) is 0 Å². The summed E-state index contributed by atoms with van der Waals surface area (Å²) in [6, 6.07) is 14.8. The van der Waals surface area contributed by atoms with Gasteiger partial charge in [-0.05, 0) is 44.0 Å². The molecule has 4 rings (SSSR count). The maximum atomic E-state index is 13.0. The first-order valence-corrected chi connectivity index (χ1v) is 8.42. The first-order valence-electron chi connectivity index (χ1n) is 7.54. The summed E-state index contributed by atoms with van der Waals surface area (Å²) < 4.78 is 1.06. The number of hydrogen-bond donors (Lipinski definition) is 0. The highest BCUT2D eigenvalue weighted by molar-refractivity contribution is 7.16. The highest BCUT2D eigenvalue weighted by atomic mass is 32.1. The normalized spacial score (nSPS) is 17.0. The molecular weight excluding hydrogens is 290 g/mol. The Labute approximate surface area is 133 Å². The molecule has 0 N–H and O–H groups in total. The summed E-state index contributed by atoms with van der Waals surface area (Å²) in [5.41, 5.74) is 4.57. The molecule has 0 spiro atoms. The Morgan fingerprint density at radius 1 is 1.14 bits per heavy atom. The lowest BCUT2D eigenvalue weighted by molar-refractivity contribution is 0.758. The smallest absolute Gasteiger partial charge is 0.211 e. The van der Waals surface area contributed by atoms with Crippen LogP contribution in [-0.4, -0.2) is 6.04 Å². The number of rotatable bonds is 1. The molecule has 2 nitrogen and oxygen atoms in total. The molecule has 3 aromatic rings. The van der Waals surface area contributed by atoms with E-state index in [0.29, 0.717) is 6.04 Å². The number of anilines is 2. The lowest BCUT2D eigenvalue weighted by Crippen LogP contribution is -2.28. The Balaban J connectivity index is 1.95. The molecule has 0 aliphatic carbocycles. The molecule has 2 heterocycles. The molecular formula is C19H17NOS. The first-order chi connectivity index (χ1) is 10.6. The number of fused-ring (bicyclic) bond motifs is 2. The van der Waals surface area contributed by atoms with Crippen LogP contribution >= 0.6 is 11.3 Å². The van der Waals surface area contributed by atoms with Gasteiger partial charge < -0.3 is 4.90 Å². The quantitative estimate of drug-likeness (QED) is 0.652. The third kappa shape index (κ3) is 1.97. The molecule has 1 atom stereocenters. The molecule has 0 unspecified atom stereocenters. The maximum absolute atomic E-state index is 13.0. The van der Waals surface area contributed by atoms with Crippen LogP contribution in [0.25, 0.3) is 10.1 Å². The van der Waals surface area contributed by atoms with Crippen molar-refractivity contribution < 1.29 is 0 Å². The summed E-state index contributed by atoms with van der Waals surface area (Å²) >= 11 is 1.65. The summed E-state index contributed by atoms with van der Waals surface area (Å²) in [7, 11) is 0. The minimum Gasteiger partial charge on any atom is -0.334 e. The number of benzene rings is 2. The van der Waals surface area contributed by atoms with Crippen molar-refractivity contribution in [2.75, 3.05) is 4.90 Å². The van der Waals surface area contributed by atoms with Crippen molar-refractivity contribution in [3.05, 3.63) is 69.2 Å². The van der Waals surface area contributed by atoms with Gasteiger partial charge in [-0.3, -0.25) is 4.79 Å². The van der Waals surface area contributed by atoms with Gasteiger partial charge in [0, 0.05) is 27.2 Å². The molecule has 22 heavy (non-hydrogen) atoms. The minimum absolute atomic E-state index is 0.140. The number of hydrogen-bond acceptors (Lipinski definition) is 3. The second-order valence-corrected chi connectivity index (χ2v) is 6.91. The summed E-state index contributed by atoms with van der Waals surface area (Å²) in [5, 5.41) is 2.84. The van der Waals surface area contributed by atoms with Gasteiger partial charge in [-0.1, -0.05) is 29.8 Å². The maximum Gasteiger partial charge on any atom is 0.211 e. The summed E-state index contributed by atoms with van der Waals surface area (Å²) in [4.78, 5) is 15.2. The predicted molar refractivity (Wildman–Crippen MR) is 94.6 cm³/mol. The molecule has 1 aliphatic rings. The van der Waals surface area contributed by atoms with E-state index in [2.05, 4.69) is 36.1 Å². The molecule has 0 bridgehead atoms. The monoisotopic (exact) mass is 307 g/mol. The van der Waals surface area contributed by atoms with Crippen LogP contribution in [0, 0.1) is 6.92 Å². The molecule has 110 valence electrons. The Morgan fingerprint density at radius 3 is 2.82 bits per heavy atom. The van der Waals surface area contributed by atoms with Gasteiger partial charge in [0.15, 0.2) is 0 Å². The Hall–Kier alpha value is -2.13. The predicted octanol–water partition coefficient (Wildman–Crippen LogP) is 4.65. The van der Waals surface area contributed by atoms with E-state index >= 15 is 0 Å². The topological polar surface area (TPSA) is 20.3 Å². The standard InChI is InChI=1S/C19H17NOS/c1-12-7-8-18-15(9-12)19(21)17(11-22-18)20-13(2)10-14-5-3-4-6-16(14)20/h3-9,11,13H,10H2,1-2H3/t13-/m0/s1. The fraction of sp³-hybridized carbons (Fsp3) is 0.211. The fourth-order valence-electron chi connectivity index (χ4n) is 3.33. The van der Waals surface area contributed by atoms with Crippen molar-refractivity contribution in [1.29, 1.82) is 0 Å². The van der Waals surface area contributed by atoms with Crippen molar-refractivity contribution in [1.82, 2.24) is 0 Å². The molecule has 0 fully saturated rings. The molecule has 2 aromatic carbocycles. The van der Waals surface area contributed by atoms with Crippen molar-refractivity contribution >= 4 is 32.8 Å². The SMILES string of the molecule is Cc1ccc2scc(N3c4ccccc4C[C@@H]3C)c(=O)c2c1.